The number of carboxylic acid groups (broad SMARTS) is 2. The molecule has 0 amide bonds. The standard InChI is InChI=1S/C15H17NO5/c1-21-13-8-3-2-5-10(13)6-4-7-11(14(17)18)9-12(16)15(19)20/h2-8,12H,9,16H2,1H3,(H,17,18)(H,19,20). The molecule has 0 saturated heterocycles. The lowest BCUT2D eigenvalue weighted by molar-refractivity contribution is -0.138. The van der Waals surface area contributed by atoms with E-state index in [4.69, 9.17) is 20.7 Å². The van der Waals surface area contributed by atoms with Gasteiger partial charge in [0.05, 0.1) is 7.11 Å². The number of hydrogen-bond acceptors (Lipinski definition) is 4. The summed E-state index contributed by atoms with van der Waals surface area (Å²) >= 11 is 0. The molecule has 0 aromatic heterocycles. The van der Waals surface area contributed by atoms with Crippen LogP contribution in [0.25, 0.3) is 6.08 Å². The molecule has 6 heteroatoms. The Kier molecular flexibility index (Phi) is 6.16. The Morgan fingerprint density at radius 2 is 2.00 bits per heavy atom. The zero-order chi connectivity index (χ0) is 15.8. The van der Waals surface area contributed by atoms with Crippen LogP contribution in [-0.2, 0) is 9.59 Å². The first-order valence-electron chi connectivity index (χ1n) is 6.17. The van der Waals surface area contributed by atoms with E-state index < -0.39 is 18.0 Å². The molecular weight excluding hydrogens is 274 g/mol. The maximum Gasteiger partial charge on any atom is 0.331 e. The second-order valence-electron chi connectivity index (χ2n) is 4.25. The molecule has 0 fully saturated rings. The third-order valence-electron chi connectivity index (χ3n) is 2.74. The van der Waals surface area contributed by atoms with Crippen LogP contribution in [0.1, 0.15) is 12.0 Å². The highest BCUT2D eigenvalue weighted by Gasteiger charge is 2.17. The number of para-hydroxylation sites is 1. The highest BCUT2D eigenvalue weighted by molar-refractivity contribution is 5.88. The van der Waals surface area contributed by atoms with Gasteiger partial charge in [0.15, 0.2) is 0 Å². The zero-order valence-corrected chi connectivity index (χ0v) is 11.5. The van der Waals surface area contributed by atoms with Crippen LogP contribution in [0, 0.1) is 0 Å². The van der Waals surface area contributed by atoms with Crippen LogP contribution in [0.3, 0.4) is 0 Å². The van der Waals surface area contributed by atoms with Gasteiger partial charge in [-0.25, -0.2) is 4.79 Å². The maximum atomic E-state index is 11.0. The van der Waals surface area contributed by atoms with E-state index in [0.29, 0.717) is 5.75 Å². The molecule has 21 heavy (non-hydrogen) atoms. The smallest absolute Gasteiger partial charge is 0.331 e. The zero-order valence-electron chi connectivity index (χ0n) is 11.5. The molecule has 0 heterocycles. The number of hydrogen-bond donors (Lipinski definition) is 3. The summed E-state index contributed by atoms with van der Waals surface area (Å²) in [4.78, 5) is 21.7. The monoisotopic (exact) mass is 291 g/mol. The lowest BCUT2D eigenvalue weighted by atomic mass is 10.1. The van der Waals surface area contributed by atoms with Crippen LogP contribution in [0.15, 0.2) is 42.0 Å². The number of nitrogens with two attached hydrogens (primary N) is 1. The van der Waals surface area contributed by atoms with Gasteiger partial charge in [0.2, 0.25) is 0 Å². The Morgan fingerprint density at radius 1 is 1.33 bits per heavy atom. The van der Waals surface area contributed by atoms with Gasteiger partial charge in [0.25, 0.3) is 0 Å². The van der Waals surface area contributed by atoms with Gasteiger partial charge < -0.3 is 20.7 Å². The number of benzene rings is 1. The molecule has 0 aliphatic rings. The number of ether oxygens (including phenoxy) is 1. The summed E-state index contributed by atoms with van der Waals surface area (Å²) in [5.41, 5.74) is 6.04. The SMILES string of the molecule is COc1ccccc1C=CC=C(CC(N)C(=O)O)C(=O)O. The average Bonchev–Trinajstić information content (AvgIpc) is 2.46. The molecule has 0 saturated carbocycles. The third kappa shape index (κ3) is 5.12. The first kappa shape index (κ1) is 16.5. The molecule has 6 nitrogen and oxygen atoms in total. The second kappa shape index (κ2) is 7.86. The van der Waals surface area contributed by atoms with Gasteiger partial charge in [-0.3, -0.25) is 4.79 Å². The minimum atomic E-state index is -1.24. The van der Waals surface area contributed by atoms with E-state index in [1.165, 1.54) is 19.3 Å². The van der Waals surface area contributed by atoms with E-state index in [1.54, 1.807) is 12.1 Å². The molecule has 1 rings (SSSR count). The molecule has 1 aromatic rings. The number of rotatable bonds is 7. The van der Waals surface area contributed by atoms with Gasteiger partial charge in [0.1, 0.15) is 11.8 Å². The van der Waals surface area contributed by atoms with E-state index in [-0.39, 0.29) is 12.0 Å². The minimum Gasteiger partial charge on any atom is -0.496 e. The summed E-state index contributed by atoms with van der Waals surface area (Å²) in [7, 11) is 1.54. The lowest BCUT2D eigenvalue weighted by Gasteiger charge is -2.06. The van der Waals surface area contributed by atoms with Crippen molar-refractivity contribution in [3.63, 3.8) is 0 Å². The predicted octanol–water partition coefficient (Wildman–Crippen LogP) is 1.52. The number of carbonyl (C=O) groups is 2. The molecule has 0 radical (unpaired) electrons. The molecule has 1 unspecified atom stereocenters. The van der Waals surface area contributed by atoms with Crippen LogP contribution in [-0.4, -0.2) is 35.3 Å². The van der Waals surface area contributed by atoms with Crippen molar-refractivity contribution in [2.45, 2.75) is 12.5 Å². The average molecular weight is 291 g/mol. The number of allylic oxidation sites excluding steroid dienone is 2. The van der Waals surface area contributed by atoms with Crippen molar-refractivity contribution in [1.29, 1.82) is 0 Å². The van der Waals surface area contributed by atoms with Crippen LogP contribution >= 0.6 is 0 Å². The highest BCUT2D eigenvalue weighted by atomic mass is 16.5. The normalized spacial score (nSPS) is 13.1. The van der Waals surface area contributed by atoms with Crippen molar-refractivity contribution in [2.75, 3.05) is 7.11 Å². The van der Waals surface area contributed by atoms with E-state index in [2.05, 4.69) is 0 Å². The molecule has 1 aromatic carbocycles. The van der Waals surface area contributed by atoms with Gasteiger partial charge in [0, 0.05) is 17.6 Å². The molecule has 0 bridgehead atoms. The first-order chi connectivity index (χ1) is 9.95. The summed E-state index contributed by atoms with van der Waals surface area (Å²) in [5, 5.41) is 17.7. The Labute approximate surface area is 122 Å². The van der Waals surface area contributed by atoms with Crippen molar-refractivity contribution in [2.24, 2.45) is 5.73 Å². The molecule has 4 N–H and O–H groups in total. The Bertz CT molecular complexity index is 577. The maximum absolute atomic E-state index is 11.0. The van der Waals surface area contributed by atoms with Crippen molar-refractivity contribution >= 4 is 18.0 Å². The minimum absolute atomic E-state index is 0.0731. The van der Waals surface area contributed by atoms with Crippen molar-refractivity contribution in [1.82, 2.24) is 0 Å². The van der Waals surface area contributed by atoms with E-state index >= 15 is 0 Å². The topological polar surface area (TPSA) is 110 Å². The summed E-state index contributed by atoms with van der Waals surface area (Å²) < 4.78 is 5.16. The van der Waals surface area contributed by atoms with Crippen LogP contribution in [0.4, 0.5) is 0 Å². The quantitative estimate of drug-likeness (QED) is 0.519. The Balaban J connectivity index is 2.90. The van der Waals surface area contributed by atoms with Crippen LogP contribution in [0.2, 0.25) is 0 Å². The van der Waals surface area contributed by atoms with Gasteiger partial charge in [-0.15, -0.1) is 0 Å². The number of carboxylic acids is 2. The molecular formula is C15H17NO5. The van der Waals surface area contributed by atoms with Gasteiger partial charge in [-0.05, 0) is 6.07 Å². The molecule has 0 spiro atoms. The van der Waals surface area contributed by atoms with Crippen molar-refractivity contribution in [3.8, 4) is 5.75 Å². The highest BCUT2D eigenvalue weighted by Crippen LogP contribution is 2.19. The fraction of sp³-hybridized carbons (Fsp3) is 0.200. The Hall–Kier alpha value is -2.60. The molecule has 112 valence electrons. The largest absolute Gasteiger partial charge is 0.496 e. The first-order valence-corrected chi connectivity index (χ1v) is 6.17. The summed E-state index contributed by atoms with van der Waals surface area (Å²) in [6.45, 7) is 0. The fourth-order valence-electron chi connectivity index (χ4n) is 1.62. The van der Waals surface area contributed by atoms with E-state index in [9.17, 15) is 9.59 Å². The Morgan fingerprint density at radius 3 is 2.57 bits per heavy atom. The van der Waals surface area contributed by atoms with E-state index in [1.807, 2.05) is 18.2 Å². The summed E-state index contributed by atoms with van der Waals surface area (Å²) in [6, 6.07) is 5.99. The van der Waals surface area contributed by atoms with Gasteiger partial charge in [-0.2, -0.15) is 0 Å². The molecule has 0 aliphatic carbocycles. The van der Waals surface area contributed by atoms with Crippen molar-refractivity contribution in [3.05, 3.63) is 47.6 Å². The van der Waals surface area contributed by atoms with Crippen LogP contribution < -0.4 is 10.5 Å². The third-order valence-corrected chi connectivity index (χ3v) is 2.74. The summed E-state index contributed by atoms with van der Waals surface area (Å²) in [5.74, 6) is -1.78. The van der Waals surface area contributed by atoms with Crippen LogP contribution in [0.5, 0.6) is 5.75 Å². The van der Waals surface area contributed by atoms with Gasteiger partial charge >= 0.3 is 11.9 Å². The fourth-order valence-corrected chi connectivity index (χ4v) is 1.62. The second-order valence-corrected chi connectivity index (χ2v) is 4.25. The van der Waals surface area contributed by atoms with Gasteiger partial charge in [-0.1, -0.05) is 36.4 Å². The van der Waals surface area contributed by atoms with E-state index in [0.717, 1.165) is 5.56 Å². The molecule has 1 atom stereocenters. The number of methoxy groups -OCH3 is 1. The molecule has 0 aliphatic heterocycles. The number of aliphatic carboxylic acids is 2. The predicted molar refractivity (Wildman–Crippen MR) is 78.0 cm³/mol. The summed E-state index contributed by atoms with van der Waals surface area (Å²) in [6.07, 6.45) is 4.28. The van der Waals surface area contributed by atoms with Crippen molar-refractivity contribution < 1.29 is 24.5 Å². The lowest BCUT2D eigenvalue weighted by Crippen LogP contribution is -2.31.